The van der Waals surface area contributed by atoms with Crippen LogP contribution < -0.4 is 15.4 Å². The molecular formula is C33H44N4O5. The van der Waals surface area contributed by atoms with Crippen molar-refractivity contribution in [3.05, 3.63) is 59.2 Å². The van der Waals surface area contributed by atoms with Crippen LogP contribution in [0.5, 0.6) is 5.75 Å². The number of likely N-dealkylation sites (tertiary alicyclic amines) is 2. The van der Waals surface area contributed by atoms with E-state index >= 15 is 0 Å². The zero-order valence-corrected chi connectivity index (χ0v) is 24.7. The number of amides is 2. The van der Waals surface area contributed by atoms with Gasteiger partial charge in [-0.1, -0.05) is 37.6 Å². The SMILES string of the molecule is CCCCN(C(=O)CN1C[C@H](c2ccc3c(c2)CCO3)[C@@H](C(=O)O)[C@@H]1CCCN1CCCC1=O)c1cccc(CN)c1. The fourth-order valence-electron chi connectivity index (χ4n) is 6.88. The highest BCUT2D eigenvalue weighted by Gasteiger charge is 2.47. The van der Waals surface area contributed by atoms with E-state index in [1.165, 1.54) is 0 Å². The van der Waals surface area contributed by atoms with E-state index in [0.717, 1.165) is 60.4 Å². The van der Waals surface area contributed by atoms with E-state index in [2.05, 4.69) is 17.9 Å². The Morgan fingerprint density at radius 1 is 1.14 bits per heavy atom. The molecule has 2 amide bonds. The molecule has 2 aromatic carbocycles. The lowest BCUT2D eigenvalue weighted by Crippen LogP contribution is -2.45. The first kappa shape index (κ1) is 30.0. The van der Waals surface area contributed by atoms with E-state index < -0.39 is 11.9 Å². The van der Waals surface area contributed by atoms with E-state index in [4.69, 9.17) is 10.5 Å². The molecule has 0 saturated carbocycles. The first-order chi connectivity index (χ1) is 20.4. The van der Waals surface area contributed by atoms with Gasteiger partial charge in [0.05, 0.1) is 19.1 Å². The van der Waals surface area contributed by atoms with Crippen LogP contribution in [0.4, 0.5) is 5.69 Å². The van der Waals surface area contributed by atoms with Crippen molar-refractivity contribution in [2.45, 2.75) is 70.4 Å². The number of fused-ring (bicyclic) bond motifs is 1. The first-order valence-electron chi connectivity index (χ1n) is 15.5. The van der Waals surface area contributed by atoms with Crippen molar-refractivity contribution in [3.8, 4) is 5.75 Å². The van der Waals surface area contributed by atoms with Gasteiger partial charge in [0.1, 0.15) is 5.75 Å². The number of hydrogen-bond acceptors (Lipinski definition) is 6. The maximum atomic E-state index is 14.0. The van der Waals surface area contributed by atoms with Crippen LogP contribution in [0.1, 0.15) is 68.1 Å². The van der Waals surface area contributed by atoms with Crippen LogP contribution in [0.15, 0.2) is 42.5 Å². The summed E-state index contributed by atoms with van der Waals surface area (Å²) in [4.78, 5) is 44.9. The zero-order valence-electron chi connectivity index (χ0n) is 24.7. The molecule has 226 valence electrons. The normalized spacial score (nSPS) is 21.9. The zero-order chi connectivity index (χ0) is 29.6. The van der Waals surface area contributed by atoms with Crippen LogP contribution in [0.25, 0.3) is 0 Å². The second kappa shape index (κ2) is 13.7. The maximum absolute atomic E-state index is 14.0. The molecule has 3 N–H and O–H groups in total. The summed E-state index contributed by atoms with van der Waals surface area (Å²) < 4.78 is 5.70. The Bertz CT molecular complexity index is 1280. The number of anilines is 1. The summed E-state index contributed by atoms with van der Waals surface area (Å²) in [6.45, 7) is 5.74. The van der Waals surface area contributed by atoms with Crippen LogP contribution in [-0.4, -0.2) is 78.1 Å². The van der Waals surface area contributed by atoms with Gasteiger partial charge >= 0.3 is 5.97 Å². The molecule has 3 atom stereocenters. The van der Waals surface area contributed by atoms with Gasteiger partial charge in [0.25, 0.3) is 0 Å². The van der Waals surface area contributed by atoms with Crippen LogP contribution in [0.3, 0.4) is 0 Å². The summed E-state index contributed by atoms with van der Waals surface area (Å²) in [5, 5.41) is 10.6. The molecule has 9 nitrogen and oxygen atoms in total. The number of ether oxygens (including phenoxy) is 1. The number of hydrogen-bond donors (Lipinski definition) is 2. The van der Waals surface area contributed by atoms with E-state index in [1.807, 2.05) is 46.2 Å². The number of benzene rings is 2. The molecule has 0 unspecified atom stereocenters. The number of rotatable bonds is 13. The van der Waals surface area contributed by atoms with Gasteiger partial charge in [0, 0.05) is 63.2 Å². The van der Waals surface area contributed by atoms with Crippen molar-refractivity contribution in [2.24, 2.45) is 11.7 Å². The van der Waals surface area contributed by atoms with Gasteiger partial charge in [-0.2, -0.15) is 0 Å². The molecule has 0 bridgehead atoms. The third kappa shape index (κ3) is 6.63. The van der Waals surface area contributed by atoms with E-state index in [-0.39, 0.29) is 30.3 Å². The Kier molecular flexibility index (Phi) is 9.80. The summed E-state index contributed by atoms with van der Waals surface area (Å²) in [5.41, 5.74) is 9.78. The second-order valence-corrected chi connectivity index (χ2v) is 11.8. The Hall–Kier alpha value is -3.43. The van der Waals surface area contributed by atoms with E-state index in [1.54, 1.807) is 0 Å². The van der Waals surface area contributed by atoms with Crippen LogP contribution in [0, 0.1) is 5.92 Å². The van der Waals surface area contributed by atoms with Gasteiger partial charge in [-0.15, -0.1) is 0 Å². The first-order valence-corrected chi connectivity index (χ1v) is 15.5. The predicted octanol–water partition coefficient (Wildman–Crippen LogP) is 3.78. The molecule has 0 radical (unpaired) electrons. The van der Waals surface area contributed by atoms with Gasteiger partial charge in [-0.25, -0.2) is 0 Å². The number of unbranched alkanes of at least 4 members (excludes halogenated alkanes) is 1. The summed E-state index contributed by atoms with van der Waals surface area (Å²) in [7, 11) is 0. The van der Waals surface area contributed by atoms with Crippen molar-refractivity contribution < 1.29 is 24.2 Å². The number of carboxylic acid groups (broad SMARTS) is 1. The van der Waals surface area contributed by atoms with Crippen LogP contribution in [0.2, 0.25) is 0 Å². The van der Waals surface area contributed by atoms with Crippen LogP contribution in [-0.2, 0) is 27.3 Å². The predicted molar refractivity (Wildman–Crippen MR) is 162 cm³/mol. The molecular weight excluding hydrogens is 532 g/mol. The standard InChI is InChI=1S/C33H44N4O5/c1-2-3-16-37(26-8-4-7-23(18-26)20-34)31(39)22-36-21-27(24-11-12-29-25(19-24)13-17-42-29)32(33(40)41)28(36)9-5-14-35-15-6-10-30(35)38/h4,7-8,11-12,18-19,27-28,32H,2-3,5-6,9-10,13-17,20-22,34H2,1H3,(H,40,41)/t27-,28+,32-/m1/s1. The topological polar surface area (TPSA) is 116 Å². The third-order valence-corrected chi connectivity index (χ3v) is 9.11. The Morgan fingerprint density at radius 2 is 2.00 bits per heavy atom. The molecule has 9 heteroatoms. The summed E-state index contributed by atoms with van der Waals surface area (Å²) in [6.07, 6.45) is 5.41. The summed E-state index contributed by atoms with van der Waals surface area (Å²) in [6, 6.07) is 13.5. The highest BCUT2D eigenvalue weighted by atomic mass is 16.5. The van der Waals surface area contributed by atoms with Gasteiger partial charge < -0.3 is 25.4 Å². The number of aliphatic carboxylic acids is 1. The summed E-state index contributed by atoms with van der Waals surface area (Å²) >= 11 is 0. The number of nitrogens with two attached hydrogens (primary N) is 1. The van der Waals surface area contributed by atoms with E-state index in [9.17, 15) is 19.5 Å². The smallest absolute Gasteiger partial charge is 0.308 e. The highest BCUT2D eigenvalue weighted by molar-refractivity contribution is 5.95. The molecule has 42 heavy (non-hydrogen) atoms. The average Bonchev–Trinajstić information content (AvgIpc) is 3.72. The lowest BCUT2D eigenvalue weighted by atomic mass is 9.83. The molecule has 3 aliphatic rings. The minimum absolute atomic E-state index is 0.0375. The third-order valence-electron chi connectivity index (χ3n) is 9.11. The molecule has 0 spiro atoms. The highest BCUT2D eigenvalue weighted by Crippen LogP contribution is 2.41. The molecule has 3 heterocycles. The number of carbonyl (C=O) groups is 3. The fraction of sp³-hybridized carbons (Fsp3) is 0.545. The maximum Gasteiger partial charge on any atom is 0.308 e. The molecule has 2 saturated heterocycles. The lowest BCUT2D eigenvalue weighted by molar-refractivity contribution is -0.143. The van der Waals surface area contributed by atoms with Gasteiger partial charge in [0.2, 0.25) is 11.8 Å². The van der Waals surface area contributed by atoms with Crippen molar-refractivity contribution in [3.63, 3.8) is 0 Å². The lowest BCUT2D eigenvalue weighted by Gasteiger charge is -2.30. The van der Waals surface area contributed by atoms with Crippen molar-refractivity contribution in [1.82, 2.24) is 9.80 Å². The Morgan fingerprint density at radius 3 is 2.74 bits per heavy atom. The summed E-state index contributed by atoms with van der Waals surface area (Å²) in [5.74, 6) is -0.736. The molecule has 0 aromatic heterocycles. The van der Waals surface area contributed by atoms with Crippen molar-refractivity contribution in [2.75, 3.05) is 44.2 Å². The molecule has 5 rings (SSSR count). The Labute approximate surface area is 248 Å². The van der Waals surface area contributed by atoms with Crippen molar-refractivity contribution in [1.29, 1.82) is 0 Å². The molecule has 2 aromatic rings. The quantitative estimate of drug-likeness (QED) is 0.373. The fourth-order valence-corrected chi connectivity index (χ4v) is 6.88. The van der Waals surface area contributed by atoms with Gasteiger partial charge in [-0.3, -0.25) is 19.3 Å². The Balaban J connectivity index is 1.40. The average molecular weight is 577 g/mol. The number of nitrogens with zero attached hydrogens (tertiary/aromatic N) is 3. The minimum Gasteiger partial charge on any atom is -0.493 e. The largest absolute Gasteiger partial charge is 0.493 e. The van der Waals surface area contributed by atoms with Gasteiger partial charge in [0.15, 0.2) is 0 Å². The van der Waals surface area contributed by atoms with Crippen molar-refractivity contribution >= 4 is 23.5 Å². The molecule has 0 aliphatic carbocycles. The minimum atomic E-state index is -0.840. The van der Waals surface area contributed by atoms with E-state index in [0.29, 0.717) is 52.0 Å². The van der Waals surface area contributed by atoms with Crippen LogP contribution >= 0.6 is 0 Å². The number of carboxylic acids is 1. The molecule has 2 fully saturated rings. The number of carbonyl (C=O) groups excluding carboxylic acids is 2. The second-order valence-electron chi connectivity index (χ2n) is 11.8. The van der Waals surface area contributed by atoms with Gasteiger partial charge in [-0.05, 0) is 60.6 Å². The monoisotopic (exact) mass is 576 g/mol. The molecule has 3 aliphatic heterocycles.